The van der Waals surface area contributed by atoms with Crippen molar-refractivity contribution in [3.8, 4) is 0 Å². The summed E-state index contributed by atoms with van der Waals surface area (Å²) >= 11 is 0.378. The molecular weight excluding hydrogens is 312 g/mol. The number of carbonyl (C=O) groups excluding carboxylic acids is 2. The number of alkyl halides is 2. The van der Waals surface area contributed by atoms with Crippen LogP contribution in [0.4, 0.5) is 19.3 Å². The highest BCUT2D eigenvalue weighted by molar-refractivity contribution is 7.99. The van der Waals surface area contributed by atoms with Crippen molar-refractivity contribution in [1.29, 1.82) is 0 Å². The number of halogens is 2. The second-order valence-corrected chi connectivity index (χ2v) is 6.02. The summed E-state index contributed by atoms with van der Waals surface area (Å²) in [6.45, 7) is 0.769. The van der Waals surface area contributed by atoms with E-state index in [1.165, 1.54) is 11.0 Å². The maximum Gasteiger partial charge on any atom is 0.321 e. The van der Waals surface area contributed by atoms with Crippen LogP contribution in [0.1, 0.15) is 12.8 Å². The first kappa shape index (κ1) is 16.5. The molecule has 3 N–H and O–H groups in total. The summed E-state index contributed by atoms with van der Waals surface area (Å²) in [5, 5.41) is 2.63. The normalized spacial score (nSPS) is 18.3. The molecule has 22 heavy (non-hydrogen) atoms. The topological polar surface area (TPSA) is 75.4 Å². The summed E-state index contributed by atoms with van der Waals surface area (Å²) in [6.07, 6.45) is 1.35. The molecule has 1 atom stereocenters. The molecule has 1 aromatic carbocycles. The van der Waals surface area contributed by atoms with Crippen molar-refractivity contribution in [2.45, 2.75) is 23.5 Å². The number of para-hydroxylation sites is 1. The number of rotatable bonds is 4. The molecule has 2 rings (SSSR count). The number of piperidine rings is 1. The highest BCUT2D eigenvalue weighted by Gasteiger charge is 2.27. The van der Waals surface area contributed by atoms with Crippen LogP contribution in [0, 0.1) is 5.92 Å². The van der Waals surface area contributed by atoms with E-state index >= 15 is 0 Å². The van der Waals surface area contributed by atoms with Gasteiger partial charge in [-0.05, 0) is 25.0 Å². The lowest BCUT2D eigenvalue weighted by molar-refractivity contribution is -0.123. The Kier molecular flexibility index (Phi) is 5.59. The smallest absolute Gasteiger partial charge is 0.321 e. The number of nitrogens with zero attached hydrogens (tertiary/aromatic N) is 1. The van der Waals surface area contributed by atoms with E-state index in [0.717, 1.165) is 0 Å². The van der Waals surface area contributed by atoms with E-state index in [4.69, 9.17) is 5.73 Å². The lowest BCUT2D eigenvalue weighted by Gasteiger charge is -2.31. The van der Waals surface area contributed by atoms with Crippen molar-refractivity contribution in [3.63, 3.8) is 0 Å². The Balaban J connectivity index is 2.04. The molecule has 1 aliphatic rings. The van der Waals surface area contributed by atoms with Crippen LogP contribution in [0.5, 0.6) is 0 Å². The molecule has 0 spiro atoms. The number of nitrogens with two attached hydrogens (primary N) is 1. The van der Waals surface area contributed by atoms with Gasteiger partial charge < -0.3 is 16.0 Å². The van der Waals surface area contributed by atoms with Crippen LogP contribution in [-0.4, -0.2) is 35.7 Å². The Morgan fingerprint density at radius 3 is 2.77 bits per heavy atom. The van der Waals surface area contributed by atoms with Gasteiger partial charge in [-0.15, -0.1) is 0 Å². The fourth-order valence-electron chi connectivity index (χ4n) is 2.36. The van der Waals surface area contributed by atoms with Gasteiger partial charge in [0.25, 0.3) is 5.76 Å². The molecule has 0 radical (unpaired) electrons. The summed E-state index contributed by atoms with van der Waals surface area (Å²) in [4.78, 5) is 25.3. The van der Waals surface area contributed by atoms with Crippen molar-refractivity contribution in [2.24, 2.45) is 11.7 Å². The maximum atomic E-state index is 12.5. The first-order valence-electron chi connectivity index (χ1n) is 6.86. The Bertz CT molecular complexity index is 557. The minimum absolute atomic E-state index is 0.255. The number of primary amides is 1. The van der Waals surface area contributed by atoms with Gasteiger partial charge in [0.05, 0.1) is 11.6 Å². The fourth-order valence-corrected chi connectivity index (χ4v) is 2.95. The van der Waals surface area contributed by atoms with Crippen LogP contribution in [-0.2, 0) is 4.79 Å². The van der Waals surface area contributed by atoms with Crippen molar-refractivity contribution in [2.75, 3.05) is 18.4 Å². The van der Waals surface area contributed by atoms with Gasteiger partial charge in [0, 0.05) is 18.0 Å². The molecule has 0 bridgehead atoms. The van der Waals surface area contributed by atoms with Crippen molar-refractivity contribution in [1.82, 2.24) is 4.90 Å². The molecule has 8 heteroatoms. The van der Waals surface area contributed by atoms with Crippen LogP contribution < -0.4 is 11.1 Å². The van der Waals surface area contributed by atoms with Crippen molar-refractivity contribution >= 4 is 29.4 Å². The number of amides is 3. The Morgan fingerprint density at radius 2 is 2.09 bits per heavy atom. The monoisotopic (exact) mass is 329 g/mol. The molecule has 0 aliphatic carbocycles. The third-order valence-corrected chi connectivity index (χ3v) is 4.24. The molecule has 1 fully saturated rings. The maximum absolute atomic E-state index is 12.5. The average Bonchev–Trinajstić information content (AvgIpc) is 2.49. The molecule has 120 valence electrons. The summed E-state index contributed by atoms with van der Waals surface area (Å²) in [5.41, 5.74) is 5.61. The number of benzene rings is 1. The summed E-state index contributed by atoms with van der Waals surface area (Å²) in [7, 11) is 0. The first-order valence-corrected chi connectivity index (χ1v) is 7.74. The number of carbonyl (C=O) groups is 2. The van der Waals surface area contributed by atoms with Crippen LogP contribution in [0.25, 0.3) is 0 Å². The highest BCUT2D eigenvalue weighted by atomic mass is 32.2. The molecule has 1 aliphatic heterocycles. The number of nitrogens with one attached hydrogen (secondary N) is 1. The van der Waals surface area contributed by atoms with Crippen molar-refractivity contribution in [3.05, 3.63) is 24.3 Å². The molecule has 3 amide bonds. The number of hydrogen-bond acceptors (Lipinski definition) is 3. The summed E-state index contributed by atoms with van der Waals surface area (Å²) < 4.78 is 25.0. The van der Waals surface area contributed by atoms with E-state index < -0.39 is 17.7 Å². The summed E-state index contributed by atoms with van der Waals surface area (Å²) in [6, 6.07) is 5.97. The van der Waals surface area contributed by atoms with Gasteiger partial charge in [-0.3, -0.25) is 4.79 Å². The van der Waals surface area contributed by atoms with Gasteiger partial charge in [-0.1, -0.05) is 23.9 Å². The third kappa shape index (κ3) is 4.33. The molecule has 1 heterocycles. The van der Waals surface area contributed by atoms with Gasteiger partial charge in [-0.2, -0.15) is 8.78 Å². The van der Waals surface area contributed by atoms with E-state index in [1.807, 2.05) is 0 Å². The van der Waals surface area contributed by atoms with E-state index in [0.29, 0.717) is 41.7 Å². The second-order valence-electron chi connectivity index (χ2n) is 4.99. The number of hydrogen-bond donors (Lipinski definition) is 2. The third-order valence-electron chi connectivity index (χ3n) is 3.46. The second kappa shape index (κ2) is 7.44. The van der Waals surface area contributed by atoms with Gasteiger partial charge in [0.1, 0.15) is 0 Å². The molecule has 1 aromatic rings. The van der Waals surface area contributed by atoms with E-state index in [2.05, 4.69) is 5.32 Å². The SMILES string of the molecule is NC(=O)[C@H]1CCCN(C(=O)Nc2ccccc2SC(F)F)C1. The molecule has 0 saturated carbocycles. The molecule has 0 aromatic heterocycles. The summed E-state index contributed by atoms with van der Waals surface area (Å²) in [5.74, 6) is -3.34. The number of likely N-dealkylation sites (tertiary alicyclic amines) is 1. The minimum atomic E-state index is -2.56. The lowest BCUT2D eigenvalue weighted by atomic mass is 9.98. The Hall–Kier alpha value is -1.83. The Morgan fingerprint density at radius 1 is 1.36 bits per heavy atom. The van der Waals surface area contributed by atoms with Crippen LogP contribution in [0.3, 0.4) is 0 Å². The zero-order chi connectivity index (χ0) is 16.1. The standard InChI is InChI=1S/C14H17F2N3O2S/c15-13(16)22-11-6-2-1-5-10(11)18-14(21)19-7-3-4-9(8-19)12(17)20/h1-2,5-6,9,13H,3-4,7-8H2,(H2,17,20)(H,18,21)/t9-/m0/s1. The van der Waals surface area contributed by atoms with Gasteiger partial charge >= 0.3 is 6.03 Å². The number of thioether (sulfide) groups is 1. The lowest BCUT2D eigenvalue weighted by Crippen LogP contribution is -2.45. The predicted octanol–water partition coefficient (Wildman–Crippen LogP) is 2.73. The van der Waals surface area contributed by atoms with Gasteiger partial charge in [0.2, 0.25) is 5.91 Å². The zero-order valence-corrected chi connectivity index (χ0v) is 12.6. The number of urea groups is 1. The zero-order valence-electron chi connectivity index (χ0n) is 11.8. The minimum Gasteiger partial charge on any atom is -0.369 e. The predicted molar refractivity (Wildman–Crippen MR) is 80.8 cm³/mol. The van der Waals surface area contributed by atoms with Gasteiger partial charge in [-0.25, -0.2) is 4.79 Å². The van der Waals surface area contributed by atoms with Gasteiger partial charge in [0.15, 0.2) is 0 Å². The highest BCUT2D eigenvalue weighted by Crippen LogP contribution is 2.32. The molecular formula is C14H17F2N3O2S. The van der Waals surface area contributed by atoms with Crippen molar-refractivity contribution < 1.29 is 18.4 Å². The Labute approximate surface area is 131 Å². The quantitative estimate of drug-likeness (QED) is 0.834. The van der Waals surface area contributed by atoms with Crippen LogP contribution >= 0.6 is 11.8 Å². The van der Waals surface area contributed by atoms with E-state index in [9.17, 15) is 18.4 Å². The first-order chi connectivity index (χ1) is 10.5. The number of anilines is 1. The van der Waals surface area contributed by atoms with Crippen LogP contribution in [0.2, 0.25) is 0 Å². The largest absolute Gasteiger partial charge is 0.369 e. The van der Waals surface area contributed by atoms with E-state index in [1.54, 1.807) is 18.2 Å². The molecule has 0 unspecified atom stereocenters. The van der Waals surface area contributed by atoms with E-state index in [-0.39, 0.29) is 12.5 Å². The fraction of sp³-hybridized carbons (Fsp3) is 0.429. The molecule has 1 saturated heterocycles. The van der Waals surface area contributed by atoms with Crippen LogP contribution in [0.15, 0.2) is 29.2 Å². The average molecular weight is 329 g/mol. The molecule has 5 nitrogen and oxygen atoms in total.